The quantitative estimate of drug-likeness (QED) is 0.450. The number of aliphatic hydroxyl groups is 1. The standard InChI is InChI=1S/C20H28Cl2N2O2/c1-2-3-10-23-13-17(25)14-26-24-20-7-5-4-6-16(20)11-15-8-9-18(21)19(22)12-15/h8-9,11-12,17,23,25H,2-7,10,13-14H2,1H3/b16-11+,24-20+/t17-/m0/s1. The van der Waals surface area contributed by atoms with Gasteiger partial charge in [-0.25, -0.2) is 0 Å². The molecule has 0 aromatic heterocycles. The summed E-state index contributed by atoms with van der Waals surface area (Å²) in [6.07, 6.45) is 7.87. The molecule has 0 spiro atoms. The van der Waals surface area contributed by atoms with E-state index in [1.165, 1.54) is 0 Å². The Kier molecular flexibility index (Phi) is 9.48. The van der Waals surface area contributed by atoms with Crippen LogP contribution in [-0.2, 0) is 4.84 Å². The molecule has 0 radical (unpaired) electrons. The molecule has 0 bridgehead atoms. The van der Waals surface area contributed by atoms with Gasteiger partial charge in [-0.2, -0.15) is 0 Å². The molecule has 0 unspecified atom stereocenters. The van der Waals surface area contributed by atoms with E-state index < -0.39 is 6.10 Å². The zero-order valence-electron chi connectivity index (χ0n) is 15.3. The number of hydrogen-bond acceptors (Lipinski definition) is 4. The van der Waals surface area contributed by atoms with Crippen molar-refractivity contribution in [2.75, 3.05) is 19.7 Å². The molecule has 0 saturated heterocycles. The van der Waals surface area contributed by atoms with Crippen LogP contribution < -0.4 is 5.32 Å². The highest BCUT2D eigenvalue weighted by Gasteiger charge is 2.15. The predicted octanol–water partition coefficient (Wildman–Crippen LogP) is 5.07. The van der Waals surface area contributed by atoms with Crippen LogP contribution in [0, 0.1) is 0 Å². The smallest absolute Gasteiger partial charge is 0.144 e. The molecule has 1 atom stereocenters. The number of unbranched alkanes of at least 4 members (excludes halogenated alkanes) is 1. The third-order valence-electron chi connectivity index (χ3n) is 4.29. The lowest BCUT2D eigenvalue weighted by atomic mass is 9.91. The van der Waals surface area contributed by atoms with Crippen molar-refractivity contribution >= 4 is 35.0 Å². The molecule has 1 aliphatic rings. The minimum atomic E-state index is -0.553. The van der Waals surface area contributed by atoms with Gasteiger partial charge >= 0.3 is 0 Å². The number of benzene rings is 1. The molecule has 6 heteroatoms. The monoisotopic (exact) mass is 398 g/mol. The second-order valence-electron chi connectivity index (χ2n) is 6.60. The Balaban J connectivity index is 1.91. The molecule has 0 aliphatic heterocycles. The first-order valence-electron chi connectivity index (χ1n) is 9.33. The third kappa shape index (κ3) is 7.28. The largest absolute Gasteiger partial charge is 0.393 e. The van der Waals surface area contributed by atoms with Crippen LogP contribution >= 0.6 is 23.2 Å². The van der Waals surface area contributed by atoms with Gasteiger partial charge in [-0.1, -0.05) is 47.8 Å². The summed E-state index contributed by atoms with van der Waals surface area (Å²) in [6.45, 7) is 3.78. The Bertz CT molecular complexity index is 632. The summed E-state index contributed by atoms with van der Waals surface area (Å²) in [4.78, 5) is 5.41. The molecule has 26 heavy (non-hydrogen) atoms. The number of rotatable bonds is 9. The van der Waals surface area contributed by atoms with Gasteiger partial charge in [0, 0.05) is 6.54 Å². The zero-order chi connectivity index (χ0) is 18.8. The number of aliphatic hydroxyl groups excluding tert-OH is 1. The number of hydrogen-bond donors (Lipinski definition) is 2. The average molecular weight is 399 g/mol. The summed E-state index contributed by atoms with van der Waals surface area (Å²) in [5.41, 5.74) is 3.11. The molecule has 1 fully saturated rings. The zero-order valence-corrected chi connectivity index (χ0v) is 16.8. The second-order valence-corrected chi connectivity index (χ2v) is 7.41. The van der Waals surface area contributed by atoms with Crippen LogP contribution in [0.25, 0.3) is 6.08 Å². The maximum absolute atomic E-state index is 9.94. The van der Waals surface area contributed by atoms with Gasteiger partial charge in [0.25, 0.3) is 0 Å². The summed E-state index contributed by atoms with van der Waals surface area (Å²) in [6, 6.07) is 5.60. The number of nitrogens with one attached hydrogen (secondary N) is 1. The van der Waals surface area contributed by atoms with Crippen molar-refractivity contribution in [1.82, 2.24) is 5.32 Å². The van der Waals surface area contributed by atoms with Crippen molar-refractivity contribution in [3.05, 3.63) is 39.4 Å². The van der Waals surface area contributed by atoms with Crippen LogP contribution in [0.3, 0.4) is 0 Å². The van der Waals surface area contributed by atoms with Crippen molar-refractivity contribution in [2.24, 2.45) is 5.16 Å². The SMILES string of the molecule is CCCCNC[C@H](O)CO/N=C1\CCCC\C1=C/c1ccc(Cl)c(Cl)c1. The average Bonchev–Trinajstić information content (AvgIpc) is 2.63. The van der Waals surface area contributed by atoms with Crippen LogP contribution in [0.4, 0.5) is 0 Å². The van der Waals surface area contributed by atoms with Crippen molar-refractivity contribution in [1.29, 1.82) is 0 Å². The molecule has 1 saturated carbocycles. The van der Waals surface area contributed by atoms with E-state index in [1.807, 2.05) is 12.1 Å². The fourth-order valence-corrected chi connectivity index (χ4v) is 3.11. The van der Waals surface area contributed by atoms with Crippen molar-refractivity contribution < 1.29 is 9.94 Å². The van der Waals surface area contributed by atoms with Gasteiger partial charge in [0.2, 0.25) is 0 Å². The maximum atomic E-state index is 9.94. The summed E-state index contributed by atoms with van der Waals surface area (Å²) in [5, 5.41) is 18.5. The molecule has 0 amide bonds. The molecule has 144 valence electrons. The predicted molar refractivity (Wildman–Crippen MR) is 110 cm³/mol. The van der Waals surface area contributed by atoms with Gasteiger partial charge in [-0.05, 0) is 68.0 Å². The van der Waals surface area contributed by atoms with Crippen LogP contribution in [0.1, 0.15) is 51.0 Å². The molecule has 4 nitrogen and oxygen atoms in total. The highest BCUT2D eigenvalue weighted by molar-refractivity contribution is 6.42. The van der Waals surface area contributed by atoms with E-state index in [-0.39, 0.29) is 6.61 Å². The van der Waals surface area contributed by atoms with Crippen molar-refractivity contribution in [3.63, 3.8) is 0 Å². The van der Waals surface area contributed by atoms with E-state index in [2.05, 4.69) is 23.5 Å². The normalized spacial score (nSPS) is 19.1. The van der Waals surface area contributed by atoms with E-state index in [0.29, 0.717) is 16.6 Å². The van der Waals surface area contributed by atoms with E-state index in [1.54, 1.807) is 6.07 Å². The molecule has 2 rings (SSSR count). The first-order chi connectivity index (χ1) is 12.6. The summed E-state index contributed by atoms with van der Waals surface area (Å²) in [5.74, 6) is 0. The van der Waals surface area contributed by atoms with Gasteiger partial charge in [0.1, 0.15) is 12.7 Å². The third-order valence-corrected chi connectivity index (χ3v) is 5.03. The fourth-order valence-electron chi connectivity index (χ4n) is 2.81. The lowest BCUT2D eigenvalue weighted by Gasteiger charge is -2.17. The summed E-state index contributed by atoms with van der Waals surface area (Å²) < 4.78 is 0. The lowest BCUT2D eigenvalue weighted by Crippen LogP contribution is -2.30. The van der Waals surface area contributed by atoms with Gasteiger partial charge in [-0.3, -0.25) is 0 Å². The molecular weight excluding hydrogens is 371 g/mol. The Morgan fingerprint density at radius 1 is 1.27 bits per heavy atom. The first kappa shape index (κ1) is 21.2. The van der Waals surface area contributed by atoms with Crippen molar-refractivity contribution in [2.45, 2.75) is 51.6 Å². The topological polar surface area (TPSA) is 53.8 Å². The molecule has 1 aromatic rings. The number of allylic oxidation sites excluding steroid dienone is 1. The minimum absolute atomic E-state index is 0.197. The van der Waals surface area contributed by atoms with Gasteiger partial charge in [0.05, 0.1) is 15.8 Å². The van der Waals surface area contributed by atoms with Crippen LogP contribution in [0.2, 0.25) is 10.0 Å². The van der Waals surface area contributed by atoms with Gasteiger partial charge in [-0.15, -0.1) is 0 Å². The number of nitrogens with zero attached hydrogens (tertiary/aromatic N) is 1. The number of oxime groups is 1. The second kappa shape index (κ2) is 11.6. The Labute approximate surface area is 166 Å². The Morgan fingerprint density at radius 2 is 2.08 bits per heavy atom. The molecule has 2 N–H and O–H groups in total. The van der Waals surface area contributed by atoms with Gasteiger partial charge < -0.3 is 15.3 Å². The van der Waals surface area contributed by atoms with E-state index in [4.69, 9.17) is 28.0 Å². The molecule has 1 aliphatic carbocycles. The van der Waals surface area contributed by atoms with Crippen LogP contribution in [-0.4, -0.2) is 36.6 Å². The van der Waals surface area contributed by atoms with Crippen LogP contribution in [0.15, 0.2) is 28.9 Å². The minimum Gasteiger partial charge on any atom is -0.393 e. The van der Waals surface area contributed by atoms with Crippen LogP contribution in [0.5, 0.6) is 0 Å². The van der Waals surface area contributed by atoms with Gasteiger partial charge in [0.15, 0.2) is 0 Å². The maximum Gasteiger partial charge on any atom is 0.144 e. The Morgan fingerprint density at radius 3 is 2.85 bits per heavy atom. The number of halogens is 2. The lowest BCUT2D eigenvalue weighted by molar-refractivity contribution is 0.0401. The Hall–Kier alpha value is -1.07. The fraction of sp³-hybridized carbons (Fsp3) is 0.550. The molecule has 0 heterocycles. The van der Waals surface area contributed by atoms with Crippen molar-refractivity contribution in [3.8, 4) is 0 Å². The van der Waals surface area contributed by atoms with E-state index in [0.717, 1.165) is 61.9 Å². The van der Waals surface area contributed by atoms with E-state index >= 15 is 0 Å². The highest BCUT2D eigenvalue weighted by atomic mass is 35.5. The highest BCUT2D eigenvalue weighted by Crippen LogP contribution is 2.27. The summed E-state index contributed by atoms with van der Waals surface area (Å²) in [7, 11) is 0. The van der Waals surface area contributed by atoms with E-state index in [9.17, 15) is 5.11 Å². The molecular formula is C20H28Cl2N2O2. The molecule has 1 aromatic carbocycles. The summed E-state index contributed by atoms with van der Waals surface area (Å²) >= 11 is 12.1. The first-order valence-corrected chi connectivity index (χ1v) is 10.1.